The van der Waals surface area contributed by atoms with Crippen LogP contribution in [0.2, 0.25) is 0 Å². The van der Waals surface area contributed by atoms with Gasteiger partial charge >= 0.3 is 0 Å². The van der Waals surface area contributed by atoms with Gasteiger partial charge in [0.25, 0.3) is 0 Å². The minimum atomic E-state index is -0.271. The molecule has 3 heteroatoms. The zero-order chi connectivity index (χ0) is 14.4. The minimum absolute atomic E-state index is 0.0136. The lowest BCUT2D eigenvalue weighted by Crippen LogP contribution is -2.33. The van der Waals surface area contributed by atoms with Gasteiger partial charge in [0, 0.05) is 30.2 Å². The molecule has 0 spiro atoms. The fraction of sp³-hybridized carbons (Fsp3) is 0.750. The van der Waals surface area contributed by atoms with E-state index in [-0.39, 0.29) is 28.4 Å². The number of fused-ring (bicyclic) bond motifs is 2. The van der Waals surface area contributed by atoms with Crippen LogP contribution < -0.4 is 0 Å². The smallest absolute Gasteiger partial charge is 0.246 e. The van der Waals surface area contributed by atoms with Crippen LogP contribution >= 0.6 is 0 Å². The van der Waals surface area contributed by atoms with Crippen LogP contribution in [-0.2, 0) is 9.59 Å². The lowest BCUT2D eigenvalue weighted by molar-refractivity contribution is -0.127. The first-order valence-corrected chi connectivity index (χ1v) is 7.35. The first kappa shape index (κ1) is 14.3. The van der Waals surface area contributed by atoms with Crippen LogP contribution in [0.3, 0.4) is 0 Å². The molecule has 2 rings (SSSR count). The van der Waals surface area contributed by atoms with Crippen molar-refractivity contribution in [1.29, 1.82) is 0 Å². The van der Waals surface area contributed by atoms with E-state index in [0.29, 0.717) is 13.1 Å². The van der Waals surface area contributed by atoms with Crippen molar-refractivity contribution >= 4 is 11.7 Å². The molecule has 2 aliphatic rings. The Labute approximate surface area is 116 Å². The molecule has 0 aromatic heterocycles. The number of hydrogen-bond donors (Lipinski definition) is 0. The summed E-state index contributed by atoms with van der Waals surface area (Å²) in [6.07, 6.45) is 3.61. The van der Waals surface area contributed by atoms with Gasteiger partial charge in [-0.3, -0.25) is 9.59 Å². The molecule has 2 bridgehead atoms. The summed E-state index contributed by atoms with van der Waals surface area (Å²) in [6, 6.07) is 0. The molecule has 2 aliphatic carbocycles. The molecule has 2 fully saturated rings. The van der Waals surface area contributed by atoms with Crippen molar-refractivity contribution in [2.45, 2.75) is 47.5 Å². The summed E-state index contributed by atoms with van der Waals surface area (Å²) in [6.45, 7) is 11.7. The zero-order valence-corrected chi connectivity index (χ0v) is 12.7. The van der Waals surface area contributed by atoms with Crippen LogP contribution in [0, 0.1) is 16.7 Å². The SMILES string of the molecule is CCN(CC)C(=O)/C=C1/C(=O)[C@@]2(C)CC[C@H]1C2(C)C. The number of allylic oxidation sites excluding steroid dienone is 1. The van der Waals surface area contributed by atoms with Crippen molar-refractivity contribution in [3.8, 4) is 0 Å². The largest absolute Gasteiger partial charge is 0.340 e. The van der Waals surface area contributed by atoms with E-state index in [1.54, 1.807) is 11.0 Å². The van der Waals surface area contributed by atoms with Gasteiger partial charge in [0.05, 0.1) is 0 Å². The van der Waals surface area contributed by atoms with E-state index < -0.39 is 0 Å². The average Bonchev–Trinajstić information content (AvgIpc) is 2.65. The Morgan fingerprint density at radius 3 is 2.32 bits per heavy atom. The Hall–Kier alpha value is -1.12. The maximum atomic E-state index is 12.6. The number of carbonyl (C=O) groups excluding carboxylic acids is 2. The number of nitrogens with zero attached hydrogens (tertiary/aromatic N) is 1. The van der Waals surface area contributed by atoms with Crippen molar-refractivity contribution in [1.82, 2.24) is 4.90 Å². The number of ketones is 1. The van der Waals surface area contributed by atoms with Crippen LogP contribution in [0.5, 0.6) is 0 Å². The first-order chi connectivity index (χ1) is 8.79. The molecule has 0 aliphatic heterocycles. The second kappa shape index (κ2) is 4.46. The molecule has 0 radical (unpaired) electrons. The highest BCUT2D eigenvalue weighted by Crippen LogP contribution is 2.65. The Balaban J connectivity index is 2.33. The van der Waals surface area contributed by atoms with Crippen molar-refractivity contribution in [2.24, 2.45) is 16.7 Å². The van der Waals surface area contributed by atoms with Crippen LogP contribution in [-0.4, -0.2) is 29.7 Å². The zero-order valence-electron chi connectivity index (χ0n) is 12.7. The highest BCUT2D eigenvalue weighted by molar-refractivity contribution is 6.08. The summed E-state index contributed by atoms with van der Waals surface area (Å²) in [5.74, 6) is 0.444. The topological polar surface area (TPSA) is 37.4 Å². The van der Waals surface area contributed by atoms with Gasteiger partial charge in [0.1, 0.15) is 0 Å². The lowest BCUT2D eigenvalue weighted by atomic mass is 9.70. The molecule has 2 atom stereocenters. The van der Waals surface area contributed by atoms with Gasteiger partial charge in [-0.1, -0.05) is 20.8 Å². The van der Waals surface area contributed by atoms with Gasteiger partial charge in [-0.25, -0.2) is 0 Å². The van der Waals surface area contributed by atoms with E-state index in [1.807, 2.05) is 13.8 Å². The maximum Gasteiger partial charge on any atom is 0.246 e. The molecule has 2 saturated carbocycles. The number of carbonyl (C=O) groups is 2. The van der Waals surface area contributed by atoms with E-state index in [1.165, 1.54) is 0 Å². The summed E-state index contributed by atoms with van der Waals surface area (Å²) >= 11 is 0. The molecule has 0 unspecified atom stereocenters. The fourth-order valence-corrected chi connectivity index (χ4v) is 3.85. The summed E-state index contributed by atoms with van der Waals surface area (Å²) in [5.41, 5.74) is 0.489. The standard InChI is InChI=1S/C16H25NO2/c1-6-17(7-2)13(18)10-11-12-8-9-16(5,14(11)19)15(12,3)4/h10,12H,6-9H2,1-5H3/b11-10+/t12-,16-/m1/s1. The molecule has 1 amide bonds. The molecule has 0 aromatic rings. The summed E-state index contributed by atoms with van der Waals surface area (Å²) in [5, 5.41) is 0. The van der Waals surface area contributed by atoms with Crippen LogP contribution in [0.15, 0.2) is 11.6 Å². The van der Waals surface area contributed by atoms with Crippen LogP contribution in [0.1, 0.15) is 47.5 Å². The van der Waals surface area contributed by atoms with Crippen LogP contribution in [0.4, 0.5) is 0 Å². The molecule has 0 N–H and O–H groups in total. The molecule has 0 aromatic carbocycles. The molecule has 0 saturated heterocycles. The van der Waals surface area contributed by atoms with Crippen molar-refractivity contribution in [2.75, 3.05) is 13.1 Å². The quantitative estimate of drug-likeness (QED) is 0.734. The average molecular weight is 263 g/mol. The number of hydrogen-bond acceptors (Lipinski definition) is 2. The van der Waals surface area contributed by atoms with E-state index in [0.717, 1.165) is 18.4 Å². The van der Waals surface area contributed by atoms with Gasteiger partial charge in [0.15, 0.2) is 5.78 Å². The van der Waals surface area contributed by atoms with E-state index in [2.05, 4.69) is 20.8 Å². The molecular weight excluding hydrogens is 238 g/mol. The number of rotatable bonds is 3. The monoisotopic (exact) mass is 263 g/mol. The van der Waals surface area contributed by atoms with Gasteiger partial charge in [-0.15, -0.1) is 0 Å². The first-order valence-electron chi connectivity index (χ1n) is 7.35. The second-order valence-corrected chi connectivity index (χ2v) is 6.58. The maximum absolute atomic E-state index is 12.6. The van der Waals surface area contributed by atoms with E-state index in [9.17, 15) is 9.59 Å². The van der Waals surface area contributed by atoms with E-state index >= 15 is 0 Å². The van der Waals surface area contributed by atoms with Crippen molar-refractivity contribution in [3.63, 3.8) is 0 Å². The van der Waals surface area contributed by atoms with Gasteiger partial charge in [0.2, 0.25) is 5.91 Å². The van der Waals surface area contributed by atoms with E-state index in [4.69, 9.17) is 0 Å². The molecule has 0 heterocycles. The minimum Gasteiger partial charge on any atom is -0.340 e. The highest BCUT2D eigenvalue weighted by Gasteiger charge is 2.64. The highest BCUT2D eigenvalue weighted by atomic mass is 16.2. The number of amides is 1. The Kier molecular flexibility index (Phi) is 3.36. The Morgan fingerprint density at radius 1 is 1.32 bits per heavy atom. The molecule has 19 heavy (non-hydrogen) atoms. The fourth-order valence-electron chi connectivity index (χ4n) is 3.85. The third-order valence-corrected chi connectivity index (χ3v) is 5.72. The summed E-state index contributed by atoms with van der Waals surface area (Å²) in [4.78, 5) is 26.6. The summed E-state index contributed by atoms with van der Waals surface area (Å²) < 4.78 is 0. The second-order valence-electron chi connectivity index (χ2n) is 6.58. The third-order valence-electron chi connectivity index (χ3n) is 5.72. The Bertz CT molecular complexity index is 446. The molecule has 3 nitrogen and oxygen atoms in total. The summed E-state index contributed by atoms with van der Waals surface area (Å²) in [7, 11) is 0. The third kappa shape index (κ3) is 1.78. The molecule has 106 valence electrons. The Morgan fingerprint density at radius 2 is 1.89 bits per heavy atom. The predicted octanol–water partition coefficient (Wildman–Crippen LogP) is 2.81. The van der Waals surface area contributed by atoms with Crippen molar-refractivity contribution in [3.05, 3.63) is 11.6 Å². The van der Waals surface area contributed by atoms with Gasteiger partial charge in [-0.2, -0.15) is 0 Å². The van der Waals surface area contributed by atoms with Crippen LogP contribution in [0.25, 0.3) is 0 Å². The van der Waals surface area contributed by atoms with Gasteiger partial charge < -0.3 is 4.90 Å². The predicted molar refractivity (Wildman–Crippen MR) is 75.6 cm³/mol. The van der Waals surface area contributed by atoms with Crippen molar-refractivity contribution < 1.29 is 9.59 Å². The molecular formula is C16H25NO2. The lowest BCUT2D eigenvalue weighted by Gasteiger charge is -2.31. The number of Topliss-reactive ketones (excluding diaryl/α,β-unsaturated/α-hetero) is 1. The number of likely N-dealkylation sites (N-methyl/N-ethyl adjacent to an activating group) is 1. The normalized spacial score (nSPS) is 34.1. The van der Waals surface area contributed by atoms with Gasteiger partial charge in [-0.05, 0) is 38.0 Å².